The smallest absolute Gasteiger partial charge is 0.300 e. The van der Waals surface area contributed by atoms with Crippen LogP contribution in [0.1, 0.15) is 28.8 Å². The minimum absolute atomic E-state index is 0.00938. The Balaban J connectivity index is 1.89. The number of anilines is 3. The maximum atomic E-state index is 14.8. The fourth-order valence-corrected chi connectivity index (χ4v) is 4.54. The van der Waals surface area contributed by atoms with Gasteiger partial charge in [-0.2, -0.15) is 13.4 Å². The number of carbonyl (C=O) groups excluding carboxylic acids is 1. The van der Waals surface area contributed by atoms with Crippen molar-refractivity contribution in [3.63, 3.8) is 0 Å². The Hall–Kier alpha value is -3.44. The quantitative estimate of drug-likeness (QED) is 0.240. The summed E-state index contributed by atoms with van der Waals surface area (Å²) in [5.41, 5.74) is -0.478. The molecular formula is C24H26FIN6O6S. The third-order valence-corrected chi connectivity index (χ3v) is 7.53. The number of benzene rings is 1. The standard InChI is InChI=1S/C24H26FIN6O6S/c1-12-20(38-23-17(37-4)9-10-18(30-23)31-39(35,36)27-2)19(22(33)28-14-6-7-14)21(32(3)24(12)34)29-16-8-5-13(26)11-15(16)25/h5,8-11,14,27,29H,6-7H2,1-4H3,(H,28,33)(H,30,31). The Morgan fingerprint density at radius 2 is 1.95 bits per heavy atom. The Morgan fingerprint density at radius 3 is 2.56 bits per heavy atom. The molecule has 1 aliphatic carbocycles. The van der Waals surface area contributed by atoms with Gasteiger partial charge in [0.15, 0.2) is 11.5 Å². The molecule has 0 radical (unpaired) electrons. The molecule has 1 aromatic carbocycles. The van der Waals surface area contributed by atoms with Crippen LogP contribution in [0.15, 0.2) is 35.1 Å². The van der Waals surface area contributed by atoms with E-state index < -0.39 is 27.5 Å². The molecule has 2 aromatic heterocycles. The first-order valence-electron chi connectivity index (χ1n) is 11.6. The number of carbonyl (C=O) groups is 1. The molecule has 2 heterocycles. The largest absolute Gasteiger partial charge is 0.491 e. The van der Waals surface area contributed by atoms with Crippen molar-refractivity contribution >= 4 is 56.0 Å². The van der Waals surface area contributed by atoms with Crippen molar-refractivity contribution in [2.24, 2.45) is 7.05 Å². The van der Waals surface area contributed by atoms with Gasteiger partial charge in [0.1, 0.15) is 23.0 Å². The van der Waals surface area contributed by atoms with Crippen molar-refractivity contribution in [1.29, 1.82) is 0 Å². The fourth-order valence-electron chi connectivity index (χ4n) is 3.60. The highest BCUT2D eigenvalue weighted by molar-refractivity contribution is 14.1. The van der Waals surface area contributed by atoms with E-state index in [9.17, 15) is 22.4 Å². The van der Waals surface area contributed by atoms with Gasteiger partial charge >= 0.3 is 0 Å². The van der Waals surface area contributed by atoms with E-state index in [4.69, 9.17) is 9.47 Å². The molecule has 4 N–H and O–H groups in total. The molecule has 0 atom stereocenters. The van der Waals surface area contributed by atoms with Gasteiger partial charge in [-0.25, -0.2) is 9.11 Å². The van der Waals surface area contributed by atoms with Gasteiger partial charge in [-0.15, -0.1) is 0 Å². The topological polar surface area (TPSA) is 153 Å². The first kappa shape index (κ1) is 28.6. The number of pyridine rings is 2. The van der Waals surface area contributed by atoms with E-state index in [0.717, 1.165) is 12.8 Å². The SMILES string of the molecule is CNS(=O)(=O)Nc1ccc(OC)c(Oc2c(C(=O)NC3CC3)c(Nc3ccc(I)cc3F)n(C)c(=O)c2C)n1. The predicted molar refractivity (Wildman–Crippen MR) is 152 cm³/mol. The van der Waals surface area contributed by atoms with E-state index in [2.05, 4.69) is 25.1 Å². The summed E-state index contributed by atoms with van der Waals surface area (Å²) in [4.78, 5) is 31.0. The summed E-state index contributed by atoms with van der Waals surface area (Å²) in [6, 6.07) is 7.19. The monoisotopic (exact) mass is 672 g/mol. The molecule has 0 aliphatic heterocycles. The summed E-state index contributed by atoms with van der Waals surface area (Å²) < 4.78 is 56.3. The lowest BCUT2D eigenvalue weighted by molar-refractivity contribution is 0.0948. The number of halogens is 2. The van der Waals surface area contributed by atoms with Crippen molar-refractivity contribution in [2.75, 3.05) is 24.2 Å². The molecule has 0 spiro atoms. The number of ether oxygens (including phenoxy) is 2. The van der Waals surface area contributed by atoms with Gasteiger partial charge in [0.25, 0.3) is 27.6 Å². The molecule has 1 saturated carbocycles. The zero-order valence-corrected chi connectivity index (χ0v) is 24.4. The van der Waals surface area contributed by atoms with Crippen LogP contribution in [-0.2, 0) is 17.3 Å². The summed E-state index contributed by atoms with van der Waals surface area (Å²) in [5.74, 6) is -1.51. The predicted octanol–water partition coefficient (Wildman–Crippen LogP) is 3.15. The molecule has 12 nitrogen and oxygen atoms in total. The lowest BCUT2D eigenvalue weighted by Gasteiger charge is -2.21. The fraction of sp³-hybridized carbons (Fsp3) is 0.292. The van der Waals surface area contributed by atoms with Crippen LogP contribution in [0.3, 0.4) is 0 Å². The molecule has 1 fully saturated rings. The Labute approximate surface area is 237 Å². The van der Waals surface area contributed by atoms with Gasteiger partial charge in [-0.3, -0.25) is 18.9 Å². The third kappa shape index (κ3) is 6.42. The second-order valence-corrected chi connectivity index (χ2v) is 11.5. The maximum Gasteiger partial charge on any atom is 0.300 e. The van der Waals surface area contributed by atoms with Gasteiger partial charge in [-0.05, 0) is 72.7 Å². The minimum atomic E-state index is -3.90. The Morgan fingerprint density at radius 1 is 1.23 bits per heavy atom. The number of hydrogen-bond acceptors (Lipinski definition) is 8. The normalized spacial score (nSPS) is 13.1. The molecule has 0 bridgehead atoms. The average molecular weight is 672 g/mol. The van der Waals surface area contributed by atoms with Gasteiger partial charge in [0.05, 0.1) is 18.4 Å². The van der Waals surface area contributed by atoms with Crippen LogP contribution in [0.5, 0.6) is 17.4 Å². The van der Waals surface area contributed by atoms with E-state index in [1.54, 1.807) is 6.07 Å². The van der Waals surface area contributed by atoms with E-state index in [-0.39, 0.29) is 51.9 Å². The van der Waals surface area contributed by atoms with Crippen LogP contribution in [0.25, 0.3) is 0 Å². The van der Waals surface area contributed by atoms with Crippen LogP contribution < -0.4 is 35.1 Å². The summed E-state index contributed by atoms with van der Waals surface area (Å²) in [5, 5.41) is 5.75. The zero-order valence-electron chi connectivity index (χ0n) is 21.4. The molecule has 1 aliphatic rings. The number of rotatable bonds is 10. The van der Waals surface area contributed by atoms with E-state index in [0.29, 0.717) is 3.57 Å². The van der Waals surface area contributed by atoms with Gasteiger partial charge in [0, 0.05) is 23.7 Å². The molecule has 4 rings (SSSR count). The molecular weight excluding hydrogens is 646 g/mol. The number of nitrogens with zero attached hydrogens (tertiary/aromatic N) is 2. The molecule has 15 heteroatoms. The zero-order chi connectivity index (χ0) is 28.5. The highest BCUT2D eigenvalue weighted by Crippen LogP contribution is 2.38. The Bertz CT molecular complexity index is 1610. The van der Waals surface area contributed by atoms with Crippen LogP contribution in [0.2, 0.25) is 0 Å². The van der Waals surface area contributed by atoms with Crippen molar-refractivity contribution in [1.82, 2.24) is 19.6 Å². The van der Waals surface area contributed by atoms with E-state index >= 15 is 0 Å². The van der Waals surface area contributed by atoms with Gasteiger partial charge in [-0.1, -0.05) is 0 Å². The highest BCUT2D eigenvalue weighted by Gasteiger charge is 2.31. The number of amides is 1. The lowest BCUT2D eigenvalue weighted by Crippen LogP contribution is -2.32. The summed E-state index contributed by atoms with van der Waals surface area (Å²) in [7, 11) is 0.126. The van der Waals surface area contributed by atoms with E-state index in [1.165, 1.54) is 57.0 Å². The van der Waals surface area contributed by atoms with Crippen molar-refractivity contribution in [3.05, 3.63) is 61.2 Å². The first-order chi connectivity index (χ1) is 18.4. The van der Waals surface area contributed by atoms with E-state index in [1.807, 2.05) is 22.6 Å². The summed E-state index contributed by atoms with van der Waals surface area (Å²) in [6.07, 6.45) is 1.59. The highest BCUT2D eigenvalue weighted by atomic mass is 127. The minimum Gasteiger partial charge on any atom is -0.491 e. The lowest BCUT2D eigenvalue weighted by atomic mass is 10.1. The number of aromatic nitrogens is 2. The summed E-state index contributed by atoms with van der Waals surface area (Å²) in [6.45, 7) is 1.47. The first-order valence-corrected chi connectivity index (χ1v) is 14.2. The molecule has 3 aromatic rings. The van der Waals surface area contributed by atoms with Crippen LogP contribution >= 0.6 is 22.6 Å². The second-order valence-electron chi connectivity index (χ2n) is 8.65. The second kappa shape index (κ2) is 11.4. The summed E-state index contributed by atoms with van der Waals surface area (Å²) >= 11 is 1.97. The number of nitrogens with one attached hydrogen (secondary N) is 4. The van der Waals surface area contributed by atoms with Crippen LogP contribution in [-0.4, -0.2) is 44.1 Å². The molecule has 0 unspecified atom stereocenters. The van der Waals surface area contributed by atoms with Crippen molar-refractivity contribution in [3.8, 4) is 17.4 Å². The average Bonchev–Trinajstić information content (AvgIpc) is 3.70. The van der Waals surface area contributed by atoms with Gasteiger partial charge < -0.3 is 20.1 Å². The molecule has 0 saturated heterocycles. The number of hydrogen-bond donors (Lipinski definition) is 4. The van der Waals surface area contributed by atoms with Crippen LogP contribution in [0.4, 0.5) is 21.7 Å². The van der Waals surface area contributed by atoms with Crippen LogP contribution in [0, 0.1) is 16.3 Å². The van der Waals surface area contributed by atoms with Crippen molar-refractivity contribution < 1.29 is 27.1 Å². The van der Waals surface area contributed by atoms with Crippen molar-refractivity contribution in [2.45, 2.75) is 25.8 Å². The molecule has 39 heavy (non-hydrogen) atoms. The number of methoxy groups -OCH3 is 1. The third-order valence-electron chi connectivity index (χ3n) is 5.84. The van der Waals surface area contributed by atoms with Gasteiger partial charge in [0.2, 0.25) is 0 Å². The molecule has 1 amide bonds. The molecule has 208 valence electrons. The maximum absolute atomic E-state index is 14.8. The Kier molecular flexibility index (Phi) is 8.31.